The van der Waals surface area contributed by atoms with E-state index in [0.717, 1.165) is 0 Å². The van der Waals surface area contributed by atoms with Gasteiger partial charge in [0.25, 0.3) is 0 Å². The first-order valence-electron chi connectivity index (χ1n) is 17.4. The van der Waals surface area contributed by atoms with Crippen molar-refractivity contribution in [2.75, 3.05) is 23.0 Å². The molecule has 0 unspecified atom stereocenters. The quantitative estimate of drug-likeness (QED) is 0.106. The SMILES string of the molecule is CCCCCSC1=C(SCCCCC)SC(=C2SC3=C(S2)SC(=C2SC4=C(SC(=C5SC(SCCCCC)=C(SCCCCC)S5)S4)S2)S3)S1. The molecule has 0 fully saturated rings. The van der Waals surface area contributed by atoms with E-state index in [4.69, 9.17) is 0 Å². The summed E-state index contributed by atoms with van der Waals surface area (Å²) in [6.07, 6.45) is 15.9. The van der Waals surface area contributed by atoms with Crippen LogP contribution < -0.4 is 0 Å². The molecular formula is C34H44S16. The summed E-state index contributed by atoms with van der Waals surface area (Å²) in [6.45, 7) is 9.22. The summed E-state index contributed by atoms with van der Waals surface area (Å²) in [5.74, 6) is 5.02. The summed E-state index contributed by atoms with van der Waals surface area (Å²) in [7, 11) is 0. The average molecular weight is 966 g/mol. The van der Waals surface area contributed by atoms with Crippen molar-refractivity contribution in [3.8, 4) is 0 Å². The second kappa shape index (κ2) is 23.4. The molecule has 0 radical (unpaired) electrons. The molecule has 0 bridgehead atoms. The predicted molar refractivity (Wildman–Crippen MR) is 268 cm³/mol. The Labute approximate surface area is 370 Å². The lowest BCUT2D eigenvalue weighted by Gasteiger charge is -2.09. The Kier molecular flexibility index (Phi) is 20.3. The molecule has 50 heavy (non-hydrogen) atoms. The summed E-state index contributed by atoms with van der Waals surface area (Å²) in [5.41, 5.74) is 0. The highest BCUT2D eigenvalue weighted by Gasteiger charge is 2.40. The first-order chi connectivity index (χ1) is 24.6. The van der Waals surface area contributed by atoms with Crippen LogP contribution in [0.1, 0.15) is 105 Å². The maximum Gasteiger partial charge on any atom is 0.0718 e. The molecule has 6 aliphatic heterocycles. The molecule has 0 N–H and O–H groups in total. The largest absolute Gasteiger partial charge is 0.117 e. The number of thioether (sulfide) groups is 16. The van der Waals surface area contributed by atoms with Crippen molar-refractivity contribution in [3.05, 3.63) is 59.3 Å². The van der Waals surface area contributed by atoms with Gasteiger partial charge < -0.3 is 0 Å². The Balaban J connectivity index is 1.01. The average Bonchev–Trinajstić information content (AvgIpc) is 3.95. The third-order valence-electron chi connectivity index (χ3n) is 7.32. The Morgan fingerprint density at radius 1 is 0.260 bits per heavy atom. The zero-order valence-electron chi connectivity index (χ0n) is 28.8. The molecule has 0 aromatic carbocycles. The molecule has 0 saturated carbocycles. The van der Waals surface area contributed by atoms with Gasteiger partial charge in [0.05, 0.1) is 59.3 Å². The van der Waals surface area contributed by atoms with E-state index < -0.39 is 0 Å². The van der Waals surface area contributed by atoms with Gasteiger partial charge in [-0.3, -0.25) is 0 Å². The van der Waals surface area contributed by atoms with E-state index in [9.17, 15) is 0 Å². The molecular weight excluding hydrogens is 921 g/mol. The minimum Gasteiger partial charge on any atom is -0.117 e. The molecule has 0 atom stereocenters. The Hall–Kier alpha value is 3.78. The predicted octanol–water partition coefficient (Wildman–Crippen LogP) is 19.4. The lowest BCUT2D eigenvalue weighted by molar-refractivity contribution is 0.779. The number of hydrogen-bond donors (Lipinski definition) is 0. The van der Waals surface area contributed by atoms with Crippen LogP contribution in [0.25, 0.3) is 0 Å². The van der Waals surface area contributed by atoms with Gasteiger partial charge in [0.15, 0.2) is 0 Å². The molecule has 0 aromatic heterocycles. The van der Waals surface area contributed by atoms with Crippen molar-refractivity contribution in [3.63, 3.8) is 0 Å². The van der Waals surface area contributed by atoms with Crippen LogP contribution in [0, 0.1) is 0 Å². The molecule has 276 valence electrons. The monoisotopic (exact) mass is 964 g/mol. The van der Waals surface area contributed by atoms with Gasteiger partial charge in [-0.15, -0.1) is 47.0 Å². The van der Waals surface area contributed by atoms with E-state index >= 15 is 0 Å². The second-order valence-corrected chi connectivity index (χ2v) is 31.8. The fourth-order valence-electron chi connectivity index (χ4n) is 4.64. The summed E-state index contributed by atoms with van der Waals surface area (Å²) >= 11 is 33.0. The smallest absolute Gasteiger partial charge is 0.0718 e. The van der Waals surface area contributed by atoms with Crippen molar-refractivity contribution in [2.45, 2.75) is 105 Å². The summed E-state index contributed by atoms with van der Waals surface area (Å²) in [6, 6.07) is 0. The molecule has 6 rings (SSSR count). The third-order valence-corrected chi connectivity index (χ3v) is 31.5. The molecule has 0 aromatic rings. The minimum absolute atomic E-state index is 1.26. The minimum atomic E-state index is 1.26. The van der Waals surface area contributed by atoms with Gasteiger partial charge in [-0.2, -0.15) is 0 Å². The number of rotatable bonds is 20. The Bertz CT molecular complexity index is 1260. The van der Waals surface area contributed by atoms with Crippen molar-refractivity contribution >= 4 is 188 Å². The molecule has 0 amide bonds. The van der Waals surface area contributed by atoms with Crippen LogP contribution in [0.5, 0.6) is 0 Å². The lowest BCUT2D eigenvalue weighted by atomic mass is 10.3. The normalized spacial score (nSPS) is 20.9. The third kappa shape index (κ3) is 12.4. The molecule has 0 nitrogen and oxygen atoms in total. The van der Waals surface area contributed by atoms with Crippen LogP contribution in [0.4, 0.5) is 0 Å². The Morgan fingerprint density at radius 3 is 0.620 bits per heavy atom. The molecule has 0 saturated heterocycles. The van der Waals surface area contributed by atoms with Gasteiger partial charge in [0, 0.05) is 0 Å². The van der Waals surface area contributed by atoms with Gasteiger partial charge in [-0.25, -0.2) is 0 Å². The van der Waals surface area contributed by atoms with Crippen molar-refractivity contribution in [1.82, 2.24) is 0 Å². The van der Waals surface area contributed by atoms with Crippen molar-refractivity contribution in [2.24, 2.45) is 0 Å². The van der Waals surface area contributed by atoms with Gasteiger partial charge in [-0.05, 0) is 48.7 Å². The van der Waals surface area contributed by atoms with E-state index in [1.807, 2.05) is 94.1 Å². The van der Waals surface area contributed by atoms with Crippen molar-refractivity contribution in [1.29, 1.82) is 0 Å². The molecule has 6 heterocycles. The molecule has 16 heteroatoms. The standard InChI is InChI=1S/C34H44S16/c1-5-9-13-17-35-21-22(36-18-14-10-6-2)40-25(39-21)27-43-29-30(44-27)48-33(47-29)34-49-31-32(50-34)46-28(45-31)26-41-23(37-19-15-11-7-3)24(42-26)38-20-16-12-8-4/h5-20H2,1-4H3. The molecule has 0 spiro atoms. The summed E-state index contributed by atoms with van der Waals surface area (Å²) in [5, 5.41) is 0. The molecule has 0 aliphatic carbocycles. The zero-order valence-corrected chi connectivity index (χ0v) is 41.9. The van der Waals surface area contributed by atoms with Crippen LogP contribution in [-0.4, -0.2) is 23.0 Å². The maximum absolute atomic E-state index is 2.31. The van der Waals surface area contributed by atoms with E-state index in [-0.39, 0.29) is 0 Å². The van der Waals surface area contributed by atoms with Gasteiger partial charge in [0.2, 0.25) is 0 Å². The van der Waals surface area contributed by atoms with Crippen LogP contribution in [0.2, 0.25) is 0 Å². The van der Waals surface area contributed by atoms with Crippen LogP contribution >= 0.6 is 188 Å². The van der Waals surface area contributed by atoms with E-state index in [0.29, 0.717) is 0 Å². The van der Waals surface area contributed by atoms with E-state index in [2.05, 4.69) is 122 Å². The highest BCUT2D eigenvalue weighted by molar-refractivity contribution is 8.53. The first-order valence-corrected chi connectivity index (χ1v) is 31.2. The highest BCUT2D eigenvalue weighted by atomic mass is 32.3. The summed E-state index contributed by atoms with van der Waals surface area (Å²) < 4.78 is 21.5. The van der Waals surface area contributed by atoms with Crippen LogP contribution in [-0.2, 0) is 0 Å². The maximum atomic E-state index is 2.31. The zero-order chi connectivity index (χ0) is 34.7. The van der Waals surface area contributed by atoms with Gasteiger partial charge in [0.1, 0.15) is 0 Å². The first kappa shape index (κ1) is 43.4. The van der Waals surface area contributed by atoms with Crippen LogP contribution in [0.15, 0.2) is 59.3 Å². The highest BCUT2D eigenvalue weighted by Crippen LogP contribution is 2.76. The van der Waals surface area contributed by atoms with Crippen LogP contribution in [0.3, 0.4) is 0 Å². The number of hydrogen-bond acceptors (Lipinski definition) is 16. The Morgan fingerprint density at radius 2 is 0.440 bits per heavy atom. The van der Waals surface area contributed by atoms with E-state index in [1.54, 1.807) is 16.9 Å². The fraction of sp³-hybridized carbons (Fsp3) is 0.588. The lowest BCUT2D eigenvalue weighted by Crippen LogP contribution is -1.82. The fourth-order valence-corrected chi connectivity index (χ4v) is 30.2. The van der Waals surface area contributed by atoms with Crippen molar-refractivity contribution < 1.29 is 0 Å². The summed E-state index contributed by atoms with van der Waals surface area (Å²) in [4.78, 5) is 0. The van der Waals surface area contributed by atoms with Gasteiger partial charge in [-0.1, -0.05) is 220 Å². The topological polar surface area (TPSA) is 0 Å². The number of unbranched alkanes of at least 4 members (excludes halogenated alkanes) is 8. The second-order valence-electron chi connectivity index (χ2n) is 11.5. The van der Waals surface area contributed by atoms with E-state index in [1.165, 1.54) is 142 Å². The molecule has 6 aliphatic rings. The van der Waals surface area contributed by atoms with Gasteiger partial charge >= 0.3 is 0 Å².